The highest BCUT2D eigenvalue weighted by Gasteiger charge is 2.49. The minimum absolute atomic E-state index is 0.442. The molecule has 0 N–H and O–H groups in total. The van der Waals surface area contributed by atoms with E-state index in [1.54, 1.807) is 6.20 Å². The van der Waals surface area contributed by atoms with Crippen molar-refractivity contribution in [3.63, 3.8) is 0 Å². The van der Waals surface area contributed by atoms with E-state index in [0.29, 0.717) is 18.1 Å². The maximum absolute atomic E-state index is 10.2. The minimum Gasteiger partial charge on any atom is -0.427 e. The van der Waals surface area contributed by atoms with E-state index in [1.165, 1.54) is 18.5 Å². The quantitative estimate of drug-likeness (QED) is 0.768. The van der Waals surface area contributed by atoms with Gasteiger partial charge in [-0.05, 0) is 48.6 Å². The van der Waals surface area contributed by atoms with Gasteiger partial charge in [-0.25, -0.2) is 0 Å². The first-order valence-corrected chi connectivity index (χ1v) is 6.77. The zero-order valence-corrected chi connectivity index (χ0v) is 10.9. The molecule has 0 spiro atoms. The van der Waals surface area contributed by atoms with Crippen LogP contribution in [0.3, 0.4) is 0 Å². The van der Waals surface area contributed by atoms with E-state index in [2.05, 4.69) is 18.8 Å². The average molecular weight is 245 g/mol. The number of carbonyl (C=O) groups is 1. The molecule has 2 aliphatic rings. The molecule has 0 radical (unpaired) electrons. The summed E-state index contributed by atoms with van der Waals surface area (Å²) in [7, 11) is 0. The Balaban J connectivity index is 1.78. The zero-order chi connectivity index (χ0) is 12.7. The third-order valence-electron chi connectivity index (χ3n) is 5.22. The van der Waals surface area contributed by atoms with Crippen molar-refractivity contribution in [3.8, 4) is 5.75 Å². The van der Waals surface area contributed by atoms with Crippen LogP contribution in [0.25, 0.3) is 0 Å². The van der Waals surface area contributed by atoms with E-state index in [4.69, 9.17) is 4.74 Å². The normalized spacial score (nSPS) is 37.8. The van der Waals surface area contributed by atoms with Crippen LogP contribution >= 0.6 is 0 Å². The fourth-order valence-electron chi connectivity index (χ4n) is 4.02. The van der Waals surface area contributed by atoms with Gasteiger partial charge in [0.05, 0.1) is 6.20 Å². The molecule has 2 saturated carbocycles. The number of ether oxygens (including phenoxy) is 1. The Morgan fingerprint density at radius 2 is 2.11 bits per heavy atom. The lowest BCUT2D eigenvalue weighted by Gasteiger charge is -2.31. The Kier molecular flexibility index (Phi) is 2.84. The summed E-state index contributed by atoms with van der Waals surface area (Å²) < 4.78 is 4.78. The smallest absolute Gasteiger partial charge is 0.298 e. The molecular weight excluding hydrogens is 226 g/mol. The average Bonchev–Trinajstić information content (AvgIpc) is 2.92. The fourth-order valence-corrected chi connectivity index (χ4v) is 4.02. The van der Waals surface area contributed by atoms with Gasteiger partial charge in [0.15, 0.2) is 0 Å². The fraction of sp³-hybridized carbons (Fsp3) is 0.600. The maximum Gasteiger partial charge on any atom is 0.298 e. The molecule has 3 heteroatoms. The molecular formula is C15H19NO2. The summed E-state index contributed by atoms with van der Waals surface area (Å²) in [6.07, 6.45) is 4.29. The molecule has 2 fully saturated rings. The predicted molar refractivity (Wildman–Crippen MR) is 68.2 cm³/mol. The summed E-state index contributed by atoms with van der Waals surface area (Å²) in [5.74, 6) is 4.47. The molecule has 3 nitrogen and oxygen atoms in total. The first-order chi connectivity index (χ1) is 8.70. The molecule has 3 rings (SSSR count). The lowest BCUT2D eigenvalue weighted by molar-refractivity contribution is -0.120. The summed E-state index contributed by atoms with van der Waals surface area (Å²) in [6, 6.07) is 3.86. The number of pyridine rings is 1. The highest BCUT2D eigenvalue weighted by atomic mass is 16.5. The third-order valence-corrected chi connectivity index (χ3v) is 5.22. The molecule has 5 unspecified atom stereocenters. The van der Waals surface area contributed by atoms with Crippen molar-refractivity contribution in [1.82, 2.24) is 4.98 Å². The molecule has 1 heterocycles. The number of hydrogen-bond acceptors (Lipinski definition) is 3. The molecule has 0 saturated heterocycles. The van der Waals surface area contributed by atoms with Crippen LogP contribution < -0.4 is 4.74 Å². The molecule has 1 aromatic heterocycles. The van der Waals surface area contributed by atoms with Gasteiger partial charge in [-0.15, -0.1) is 0 Å². The molecule has 18 heavy (non-hydrogen) atoms. The summed E-state index contributed by atoms with van der Waals surface area (Å²) >= 11 is 0. The maximum atomic E-state index is 10.2. The first-order valence-electron chi connectivity index (χ1n) is 6.77. The number of aromatic nitrogens is 1. The topological polar surface area (TPSA) is 39.2 Å². The summed E-state index contributed by atoms with van der Waals surface area (Å²) in [5.41, 5.74) is 1.17. The number of nitrogens with zero attached hydrogens (tertiary/aromatic N) is 1. The van der Waals surface area contributed by atoms with Crippen LogP contribution in [0.5, 0.6) is 5.75 Å². The van der Waals surface area contributed by atoms with Gasteiger partial charge in [0.1, 0.15) is 5.75 Å². The number of fused-ring (bicyclic) bond motifs is 2. The molecule has 96 valence electrons. The van der Waals surface area contributed by atoms with Crippen LogP contribution in [-0.2, 0) is 4.79 Å². The highest BCUT2D eigenvalue weighted by Crippen LogP contribution is 2.58. The second kappa shape index (κ2) is 4.38. The molecule has 2 bridgehead atoms. The second-order valence-corrected chi connectivity index (χ2v) is 5.85. The Hall–Kier alpha value is -1.38. The lowest BCUT2D eigenvalue weighted by atomic mass is 9.74. The van der Waals surface area contributed by atoms with Crippen molar-refractivity contribution in [2.45, 2.75) is 32.6 Å². The standard InChI is InChI=1S/C15H19NO2/c1-9-10(2)13-5-11(9)6-14(13)15-4-3-12(7-16-15)18-8-17/h3-4,7-11,13-14H,5-6H2,1-2H3. The van der Waals surface area contributed by atoms with E-state index in [9.17, 15) is 4.79 Å². The van der Waals surface area contributed by atoms with E-state index < -0.39 is 0 Å². The Labute approximate surface area is 108 Å². The lowest BCUT2D eigenvalue weighted by Crippen LogP contribution is -2.23. The predicted octanol–water partition coefficient (Wildman–Crippen LogP) is 3.01. The number of hydrogen-bond donors (Lipinski definition) is 0. The highest BCUT2D eigenvalue weighted by molar-refractivity contribution is 5.44. The largest absolute Gasteiger partial charge is 0.427 e. The van der Waals surface area contributed by atoms with E-state index in [1.807, 2.05) is 12.1 Å². The van der Waals surface area contributed by atoms with Gasteiger partial charge in [0, 0.05) is 11.6 Å². The van der Waals surface area contributed by atoms with Gasteiger partial charge < -0.3 is 4.74 Å². The van der Waals surface area contributed by atoms with Crippen molar-refractivity contribution in [2.75, 3.05) is 0 Å². The van der Waals surface area contributed by atoms with Gasteiger partial charge in [0.2, 0.25) is 0 Å². The van der Waals surface area contributed by atoms with Crippen LogP contribution in [0, 0.1) is 23.7 Å². The van der Waals surface area contributed by atoms with Gasteiger partial charge in [-0.1, -0.05) is 13.8 Å². The molecule has 0 aromatic carbocycles. The Morgan fingerprint density at radius 1 is 1.28 bits per heavy atom. The van der Waals surface area contributed by atoms with Crippen molar-refractivity contribution in [2.24, 2.45) is 23.7 Å². The van der Waals surface area contributed by atoms with Crippen LogP contribution in [-0.4, -0.2) is 11.5 Å². The van der Waals surface area contributed by atoms with Crippen molar-refractivity contribution in [3.05, 3.63) is 24.0 Å². The first kappa shape index (κ1) is 11.7. The van der Waals surface area contributed by atoms with Crippen molar-refractivity contribution >= 4 is 6.47 Å². The van der Waals surface area contributed by atoms with Crippen LogP contribution in [0.2, 0.25) is 0 Å². The van der Waals surface area contributed by atoms with Gasteiger partial charge in [0.25, 0.3) is 6.47 Å². The van der Waals surface area contributed by atoms with E-state index >= 15 is 0 Å². The third kappa shape index (κ3) is 1.73. The van der Waals surface area contributed by atoms with Crippen molar-refractivity contribution in [1.29, 1.82) is 0 Å². The monoisotopic (exact) mass is 245 g/mol. The van der Waals surface area contributed by atoms with Crippen molar-refractivity contribution < 1.29 is 9.53 Å². The Bertz CT molecular complexity index is 440. The van der Waals surface area contributed by atoms with Gasteiger partial charge >= 0.3 is 0 Å². The Morgan fingerprint density at radius 3 is 2.67 bits per heavy atom. The van der Waals surface area contributed by atoms with Crippen LogP contribution in [0.15, 0.2) is 18.3 Å². The summed E-state index contributed by atoms with van der Waals surface area (Å²) in [4.78, 5) is 14.7. The molecule has 0 amide bonds. The SMILES string of the molecule is CC1C2CC(c3ccc(OC=O)cn3)C(C2)C1C. The van der Waals surface area contributed by atoms with E-state index in [-0.39, 0.29) is 0 Å². The second-order valence-electron chi connectivity index (χ2n) is 5.85. The number of carbonyl (C=O) groups excluding carboxylic acids is 1. The molecule has 2 aliphatic carbocycles. The molecule has 1 aromatic rings. The number of rotatable bonds is 3. The zero-order valence-electron chi connectivity index (χ0n) is 10.9. The molecule has 5 atom stereocenters. The van der Waals surface area contributed by atoms with Gasteiger partial charge in [-0.2, -0.15) is 0 Å². The van der Waals surface area contributed by atoms with Crippen LogP contribution in [0.1, 0.15) is 38.3 Å². The summed E-state index contributed by atoms with van der Waals surface area (Å²) in [5, 5.41) is 0. The summed E-state index contributed by atoms with van der Waals surface area (Å²) in [6.45, 7) is 5.21. The minimum atomic E-state index is 0.442. The van der Waals surface area contributed by atoms with E-state index in [0.717, 1.165) is 23.7 Å². The van der Waals surface area contributed by atoms with Gasteiger partial charge in [-0.3, -0.25) is 9.78 Å². The molecule has 0 aliphatic heterocycles. The van der Waals surface area contributed by atoms with Crippen LogP contribution in [0.4, 0.5) is 0 Å².